The van der Waals surface area contributed by atoms with Crippen molar-refractivity contribution in [2.24, 2.45) is 0 Å². The fourth-order valence-electron chi connectivity index (χ4n) is 4.24. The second-order valence-corrected chi connectivity index (χ2v) is 7.42. The summed E-state index contributed by atoms with van der Waals surface area (Å²) >= 11 is 0. The molecule has 0 radical (unpaired) electrons. The molecular weight excluding hydrogens is 330 g/mol. The molecule has 2 N–H and O–H groups in total. The molecule has 0 unspecified atom stereocenters. The molecule has 2 saturated heterocycles. The zero-order valence-corrected chi connectivity index (χ0v) is 15.2. The fraction of sp³-hybridized carbons (Fsp3) is 0.500. The number of carbonyl (C=O) groups excluding carboxylic acids is 1. The predicted octanol–water partition coefficient (Wildman–Crippen LogP) is 2.04. The Kier molecular flexibility index (Phi) is 4.32. The number of H-pyrrole nitrogens is 1. The molecule has 0 saturated carbocycles. The van der Waals surface area contributed by atoms with E-state index in [1.54, 1.807) is 4.90 Å². The average Bonchev–Trinajstić information content (AvgIpc) is 3.34. The summed E-state index contributed by atoms with van der Waals surface area (Å²) in [6, 6.07) is 10.2. The minimum Gasteiger partial charge on any atom is -0.388 e. The van der Waals surface area contributed by atoms with Crippen LogP contribution in [0.25, 0.3) is 0 Å². The summed E-state index contributed by atoms with van der Waals surface area (Å²) in [6.45, 7) is 5.21. The summed E-state index contributed by atoms with van der Waals surface area (Å²) in [6.07, 6.45) is 0.854. The molecule has 1 aromatic heterocycles. The van der Waals surface area contributed by atoms with Gasteiger partial charge < -0.3 is 14.7 Å². The third kappa shape index (κ3) is 2.73. The highest BCUT2D eigenvalue weighted by atomic mass is 16.5. The van der Waals surface area contributed by atoms with E-state index in [0.29, 0.717) is 18.8 Å². The molecule has 26 heavy (non-hydrogen) atoms. The second-order valence-electron chi connectivity index (χ2n) is 7.42. The molecule has 3 heterocycles. The van der Waals surface area contributed by atoms with Crippen LogP contribution in [0.5, 0.6) is 0 Å². The zero-order chi connectivity index (χ0) is 18.3. The van der Waals surface area contributed by atoms with Crippen LogP contribution in [0.3, 0.4) is 0 Å². The molecule has 1 spiro atoms. The Morgan fingerprint density at radius 3 is 2.88 bits per heavy atom. The standard InChI is InChI=1S/C20H25N3O3/c1-3-16-13(2)18(22-21-16)19(25)23-10-17(24)20(12-23)9-15(11-26-20)14-7-5-4-6-8-14/h4-8,15,17,24H,3,9-12H2,1-2H3,(H,21,22)/t15-,17-,20-/m1/s1. The topological polar surface area (TPSA) is 78.5 Å². The quantitative estimate of drug-likeness (QED) is 0.883. The van der Waals surface area contributed by atoms with Crippen molar-refractivity contribution in [3.63, 3.8) is 0 Å². The molecule has 2 fully saturated rings. The molecular formula is C20H25N3O3. The summed E-state index contributed by atoms with van der Waals surface area (Å²) in [5.74, 6) is 0.112. The number of rotatable bonds is 3. The number of benzene rings is 1. The Bertz CT molecular complexity index is 804. The predicted molar refractivity (Wildman–Crippen MR) is 97.1 cm³/mol. The SMILES string of the molecule is CCc1[nH]nc(C(=O)N2C[C@@H](O)[C@@]3(C[C@@H](c4ccccc4)CO3)C2)c1C. The van der Waals surface area contributed by atoms with Gasteiger partial charge in [-0.05, 0) is 25.3 Å². The summed E-state index contributed by atoms with van der Waals surface area (Å²) < 4.78 is 6.08. The van der Waals surface area contributed by atoms with Gasteiger partial charge in [-0.25, -0.2) is 0 Å². The van der Waals surface area contributed by atoms with Gasteiger partial charge in [0.05, 0.1) is 13.2 Å². The third-order valence-electron chi connectivity index (χ3n) is 5.85. The van der Waals surface area contributed by atoms with Crippen molar-refractivity contribution in [1.82, 2.24) is 15.1 Å². The first-order valence-electron chi connectivity index (χ1n) is 9.24. The molecule has 6 heteroatoms. The van der Waals surface area contributed by atoms with Crippen LogP contribution in [0.15, 0.2) is 30.3 Å². The highest BCUT2D eigenvalue weighted by Gasteiger charge is 2.53. The Balaban J connectivity index is 1.51. The van der Waals surface area contributed by atoms with E-state index in [0.717, 1.165) is 24.1 Å². The maximum Gasteiger partial charge on any atom is 0.274 e. The highest BCUT2D eigenvalue weighted by Crippen LogP contribution is 2.42. The number of aromatic nitrogens is 2. The van der Waals surface area contributed by atoms with Gasteiger partial charge in [0.15, 0.2) is 5.69 Å². The van der Waals surface area contributed by atoms with Crippen LogP contribution in [0.2, 0.25) is 0 Å². The first-order chi connectivity index (χ1) is 12.5. The lowest BCUT2D eigenvalue weighted by atomic mass is 9.87. The average molecular weight is 355 g/mol. The normalized spacial score (nSPS) is 28.2. The van der Waals surface area contributed by atoms with Gasteiger partial charge in [-0.2, -0.15) is 5.10 Å². The first kappa shape index (κ1) is 17.2. The van der Waals surface area contributed by atoms with E-state index in [4.69, 9.17) is 4.74 Å². The van der Waals surface area contributed by atoms with E-state index >= 15 is 0 Å². The Hall–Kier alpha value is -2.18. The van der Waals surface area contributed by atoms with Crippen molar-refractivity contribution in [3.05, 3.63) is 52.8 Å². The van der Waals surface area contributed by atoms with Crippen LogP contribution >= 0.6 is 0 Å². The molecule has 1 aromatic carbocycles. The molecule has 0 aliphatic carbocycles. The molecule has 2 aromatic rings. The smallest absolute Gasteiger partial charge is 0.274 e. The van der Waals surface area contributed by atoms with E-state index in [2.05, 4.69) is 22.3 Å². The van der Waals surface area contributed by atoms with E-state index in [-0.39, 0.29) is 18.4 Å². The number of aliphatic hydroxyl groups excluding tert-OH is 1. The van der Waals surface area contributed by atoms with Crippen molar-refractivity contribution in [2.75, 3.05) is 19.7 Å². The van der Waals surface area contributed by atoms with Crippen LogP contribution in [0.1, 0.15) is 46.6 Å². The van der Waals surface area contributed by atoms with Gasteiger partial charge >= 0.3 is 0 Å². The number of aromatic amines is 1. The summed E-state index contributed by atoms with van der Waals surface area (Å²) in [5.41, 5.74) is 2.86. The van der Waals surface area contributed by atoms with Gasteiger partial charge in [0, 0.05) is 23.7 Å². The third-order valence-corrected chi connectivity index (χ3v) is 5.85. The Morgan fingerprint density at radius 2 is 2.19 bits per heavy atom. The number of aryl methyl sites for hydroxylation is 1. The van der Waals surface area contributed by atoms with Crippen LogP contribution in [0, 0.1) is 6.92 Å². The Morgan fingerprint density at radius 1 is 1.42 bits per heavy atom. The lowest BCUT2D eigenvalue weighted by molar-refractivity contribution is -0.0591. The maximum absolute atomic E-state index is 12.9. The van der Waals surface area contributed by atoms with Crippen LogP contribution in [-0.2, 0) is 11.2 Å². The first-order valence-corrected chi connectivity index (χ1v) is 9.24. The molecule has 4 rings (SSSR count). The number of nitrogens with one attached hydrogen (secondary N) is 1. The van der Waals surface area contributed by atoms with Crippen molar-refractivity contribution in [2.45, 2.75) is 44.3 Å². The zero-order valence-electron chi connectivity index (χ0n) is 15.2. The van der Waals surface area contributed by atoms with Gasteiger partial charge in [0.25, 0.3) is 5.91 Å². The fourth-order valence-corrected chi connectivity index (χ4v) is 4.24. The van der Waals surface area contributed by atoms with Gasteiger partial charge in [0.2, 0.25) is 0 Å². The second kappa shape index (κ2) is 6.52. The monoisotopic (exact) mass is 355 g/mol. The number of nitrogens with zero attached hydrogens (tertiary/aromatic N) is 2. The number of amides is 1. The van der Waals surface area contributed by atoms with E-state index < -0.39 is 11.7 Å². The number of likely N-dealkylation sites (tertiary alicyclic amines) is 1. The van der Waals surface area contributed by atoms with Crippen molar-refractivity contribution in [3.8, 4) is 0 Å². The lowest BCUT2D eigenvalue weighted by Gasteiger charge is -2.25. The summed E-state index contributed by atoms with van der Waals surface area (Å²) in [7, 11) is 0. The Labute approximate surface area is 153 Å². The minimum absolute atomic E-state index is 0.138. The molecule has 3 atom stereocenters. The van der Waals surface area contributed by atoms with E-state index in [1.165, 1.54) is 5.56 Å². The number of aliphatic hydroxyl groups is 1. The van der Waals surface area contributed by atoms with Crippen molar-refractivity contribution >= 4 is 5.91 Å². The number of hydrogen-bond acceptors (Lipinski definition) is 4. The van der Waals surface area contributed by atoms with Crippen LogP contribution < -0.4 is 0 Å². The van der Waals surface area contributed by atoms with Gasteiger partial charge in [0.1, 0.15) is 11.7 Å². The highest BCUT2D eigenvalue weighted by molar-refractivity contribution is 5.94. The molecule has 1 amide bonds. The maximum atomic E-state index is 12.9. The largest absolute Gasteiger partial charge is 0.388 e. The van der Waals surface area contributed by atoms with Gasteiger partial charge in [-0.1, -0.05) is 37.3 Å². The molecule has 138 valence electrons. The molecule has 6 nitrogen and oxygen atoms in total. The molecule has 2 aliphatic heterocycles. The number of hydrogen-bond donors (Lipinski definition) is 2. The van der Waals surface area contributed by atoms with Crippen LogP contribution in [-0.4, -0.2) is 57.5 Å². The molecule has 0 bridgehead atoms. The number of ether oxygens (including phenoxy) is 1. The number of carbonyl (C=O) groups is 1. The summed E-state index contributed by atoms with van der Waals surface area (Å²) in [4.78, 5) is 14.6. The van der Waals surface area contributed by atoms with Crippen molar-refractivity contribution < 1.29 is 14.6 Å². The van der Waals surface area contributed by atoms with Crippen LogP contribution in [0.4, 0.5) is 0 Å². The number of β-amino-alcohol motifs (C(OH)–C–C–N with tert-alkyl or cyclic N) is 1. The minimum atomic E-state index is -0.676. The van der Waals surface area contributed by atoms with Crippen molar-refractivity contribution in [1.29, 1.82) is 0 Å². The van der Waals surface area contributed by atoms with E-state index in [1.807, 2.05) is 32.0 Å². The van der Waals surface area contributed by atoms with Gasteiger partial charge in [-0.15, -0.1) is 0 Å². The lowest BCUT2D eigenvalue weighted by Crippen LogP contribution is -2.41. The molecule has 2 aliphatic rings. The summed E-state index contributed by atoms with van der Waals surface area (Å²) in [5, 5.41) is 17.8. The van der Waals surface area contributed by atoms with Gasteiger partial charge in [-0.3, -0.25) is 9.89 Å². The van der Waals surface area contributed by atoms with E-state index in [9.17, 15) is 9.90 Å².